The minimum absolute atomic E-state index is 0.0774. The molecule has 0 unspecified atom stereocenters. The maximum Gasteiger partial charge on any atom is 0.295 e. The molecule has 1 N–H and O–H groups in total. The first-order valence-corrected chi connectivity index (χ1v) is 9.70. The predicted molar refractivity (Wildman–Crippen MR) is 111 cm³/mol. The van der Waals surface area contributed by atoms with Crippen molar-refractivity contribution in [1.29, 1.82) is 5.26 Å². The monoisotopic (exact) mass is 400 g/mol. The SMILES string of the molecule is C[C@@H]1CN(C(=O)c2ccccc2)CCN1C(=O)C(=O)c1ccc2c(C#N)c[nH]c2c1. The molecule has 0 radical (unpaired) electrons. The number of nitriles is 1. The Morgan fingerprint density at radius 2 is 1.83 bits per heavy atom. The van der Waals surface area contributed by atoms with E-state index in [1.165, 1.54) is 4.90 Å². The summed E-state index contributed by atoms with van der Waals surface area (Å²) in [5.74, 6) is -1.26. The van der Waals surface area contributed by atoms with Crippen molar-refractivity contribution < 1.29 is 14.4 Å². The second kappa shape index (κ2) is 7.84. The quantitative estimate of drug-likeness (QED) is 0.540. The van der Waals surface area contributed by atoms with Gasteiger partial charge in [0.05, 0.1) is 5.56 Å². The molecule has 7 nitrogen and oxygen atoms in total. The van der Waals surface area contributed by atoms with Crippen LogP contribution in [0, 0.1) is 11.3 Å². The number of carbonyl (C=O) groups is 3. The number of aromatic nitrogens is 1. The number of benzene rings is 2. The van der Waals surface area contributed by atoms with Crippen molar-refractivity contribution in [2.75, 3.05) is 19.6 Å². The van der Waals surface area contributed by atoms with Crippen molar-refractivity contribution in [1.82, 2.24) is 14.8 Å². The van der Waals surface area contributed by atoms with E-state index in [4.69, 9.17) is 5.26 Å². The van der Waals surface area contributed by atoms with E-state index in [0.29, 0.717) is 41.7 Å². The van der Waals surface area contributed by atoms with Crippen molar-refractivity contribution in [3.8, 4) is 6.07 Å². The number of carbonyl (C=O) groups excluding carboxylic acids is 3. The van der Waals surface area contributed by atoms with Gasteiger partial charge >= 0.3 is 0 Å². The molecule has 0 spiro atoms. The minimum Gasteiger partial charge on any atom is -0.360 e. The molecule has 1 aromatic heterocycles. The summed E-state index contributed by atoms with van der Waals surface area (Å²) in [6.07, 6.45) is 1.58. The first-order chi connectivity index (χ1) is 14.5. The van der Waals surface area contributed by atoms with Gasteiger partial charge in [0.15, 0.2) is 0 Å². The number of aromatic amines is 1. The molecule has 1 saturated heterocycles. The Bertz CT molecular complexity index is 1180. The van der Waals surface area contributed by atoms with Gasteiger partial charge in [0.25, 0.3) is 11.8 Å². The van der Waals surface area contributed by atoms with E-state index in [1.54, 1.807) is 41.4 Å². The number of Topliss-reactive ketones (excluding diaryl/α,β-unsaturated/α-hetero) is 1. The Morgan fingerprint density at radius 3 is 2.53 bits per heavy atom. The van der Waals surface area contributed by atoms with Crippen molar-refractivity contribution in [2.24, 2.45) is 0 Å². The van der Waals surface area contributed by atoms with E-state index in [-0.39, 0.29) is 17.5 Å². The number of amides is 2. The molecule has 1 aliphatic rings. The van der Waals surface area contributed by atoms with E-state index in [2.05, 4.69) is 11.1 Å². The fourth-order valence-electron chi connectivity index (χ4n) is 3.82. The predicted octanol–water partition coefficient (Wildman–Crippen LogP) is 2.60. The third-order valence-corrected chi connectivity index (χ3v) is 5.45. The highest BCUT2D eigenvalue weighted by atomic mass is 16.2. The molecule has 1 aliphatic heterocycles. The molecule has 2 heterocycles. The van der Waals surface area contributed by atoms with Crippen LogP contribution < -0.4 is 0 Å². The maximum atomic E-state index is 12.9. The Morgan fingerprint density at radius 1 is 1.07 bits per heavy atom. The summed E-state index contributed by atoms with van der Waals surface area (Å²) >= 11 is 0. The average Bonchev–Trinajstić information content (AvgIpc) is 3.20. The molecular weight excluding hydrogens is 380 g/mol. The largest absolute Gasteiger partial charge is 0.360 e. The van der Waals surface area contributed by atoms with Gasteiger partial charge in [0, 0.05) is 53.9 Å². The smallest absolute Gasteiger partial charge is 0.295 e. The average molecular weight is 400 g/mol. The number of H-pyrrole nitrogens is 1. The highest BCUT2D eigenvalue weighted by Crippen LogP contribution is 2.21. The van der Waals surface area contributed by atoms with Gasteiger partial charge in [0.1, 0.15) is 6.07 Å². The molecular formula is C23H20N4O3. The molecule has 3 aromatic rings. The number of rotatable bonds is 3. The summed E-state index contributed by atoms with van der Waals surface area (Å²) in [6, 6.07) is 15.7. The highest BCUT2D eigenvalue weighted by molar-refractivity contribution is 6.43. The lowest BCUT2D eigenvalue weighted by molar-refractivity contribution is -0.130. The molecule has 2 aromatic carbocycles. The molecule has 150 valence electrons. The molecule has 0 aliphatic carbocycles. The van der Waals surface area contributed by atoms with Crippen molar-refractivity contribution >= 4 is 28.5 Å². The molecule has 0 saturated carbocycles. The van der Waals surface area contributed by atoms with E-state index in [0.717, 1.165) is 0 Å². The Kier molecular flexibility index (Phi) is 5.07. The normalized spacial score (nSPS) is 16.3. The van der Waals surface area contributed by atoms with Gasteiger partial charge in [-0.15, -0.1) is 0 Å². The van der Waals surface area contributed by atoms with E-state index < -0.39 is 11.7 Å². The summed E-state index contributed by atoms with van der Waals surface area (Å²) < 4.78 is 0. The van der Waals surface area contributed by atoms with Crippen LogP contribution in [0.2, 0.25) is 0 Å². The first kappa shape index (κ1) is 19.4. The van der Waals surface area contributed by atoms with Gasteiger partial charge < -0.3 is 14.8 Å². The van der Waals surface area contributed by atoms with E-state index in [9.17, 15) is 14.4 Å². The number of fused-ring (bicyclic) bond motifs is 1. The number of hydrogen-bond acceptors (Lipinski definition) is 4. The van der Waals surface area contributed by atoms with Crippen LogP contribution >= 0.6 is 0 Å². The van der Waals surface area contributed by atoms with Crippen LogP contribution in [-0.2, 0) is 4.79 Å². The standard InChI is InChI=1S/C23H20N4O3/c1-15-14-26(22(29)16-5-3-2-4-6-16)9-10-27(15)23(30)21(28)17-7-8-19-18(12-24)13-25-20(19)11-17/h2-8,11,13,15,25H,9-10,14H2,1H3/t15-/m1/s1. The van der Waals surface area contributed by atoms with Crippen LogP contribution in [0.3, 0.4) is 0 Å². The van der Waals surface area contributed by atoms with Crippen molar-refractivity contribution in [3.63, 3.8) is 0 Å². The summed E-state index contributed by atoms with van der Waals surface area (Å²) in [5, 5.41) is 9.81. The number of nitrogens with one attached hydrogen (secondary N) is 1. The molecule has 7 heteroatoms. The Balaban J connectivity index is 1.47. The molecule has 1 atom stereocenters. The van der Waals surface area contributed by atoms with Gasteiger partial charge in [-0.25, -0.2) is 0 Å². The molecule has 1 fully saturated rings. The van der Waals surface area contributed by atoms with Crippen LogP contribution in [0.25, 0.3) is 10.9 Å². The molecule has 4 rings (SSSR count). The third-order valence-electron chi connectivity index (χ3n) is 5.45. The fraction of sp³-hybridized carbons (Fsp3) is 0.217. The summed E-state index contributed by atoms with van der Waals surface area (Å²) in [4.78, 5) is 44.5. The van der Waals surface area contributed by atoms with Crippen molar-refractivity contribution in [3.05, 3.63) is 71.4 Å². The summed E-state index contributed by atoms with van der Waals surface area (Å²) in [6.45, 7) is 2.88. The third kappa shape index (κ3) is 3.44. The van der Waals surface area contributed by atoms with Crippen molar-refractivity contribution in [2.45, 2.75) is 13.0 Å². The number of piperazine rings is 1. The summed E-state index contributed by atoms with van der Waals surface area (Å²) in [7, 11) is 0. The number of ketones is 1. The lowest BCUT2D eigenvalue weighted by Crippen LogP contribution is -2.56. The fourth-order valence-corrected chi connectivity index (χ4v) is 3.82. The Hall–Kier alpha value is -3.92. The van der Waals surface area contributed by atoms with Gasteiger partial charge in [-0.2, -0.15) is 5.26 Å². The van der Waals surface area contributed by atoms with Gasteiger partial charge in [-0.05, 0) is 25.1 Å². The topological polar surface area (TPSA) is 97.3 Å². The molecule has 2 amide bonds. The summed E-state index contributed by atoms with van der Waals surface area (Å²) in [5.41, 5.74) is 2.00. The minimum atomic E-state index is -0.598. The maximum absolute atomic E-state index is 12.9. The van der Waals surface area contributed by atoms with E-state index >= 15 is 0 Å². The zero-order chi connectivity index (χ0) is 21.3. The Labute approximate surface area is 173 Å². The second-order valence-corrected chi connectivity index (χ2v) is 7.37. The van der Waals surface area contributed by atoms with Crippen LogP contribution in [0.1, 0.15) is 33.2 Å². The highest BCUT2D eigenvalue weighted by Gasteiger charge is 2.33. The lowest BCUT2D eigenvalue weighted by Gasteiger charge is -2.39. The zero-order valence-corrected chi connectivity index (χ0v) is 16.5. The first-order valence-electron chi connectivity index (χ1n) is 9.70. The van der Waals surface area contributed by atoms with Crippen LogP contribution in [-0.4, -0.2) is 58.1 Å². The molecule has 0 bridgehead atoms. The van der Waals surface area contributed by atoms with Gasteiger partial charge in [-0.3, -0.25) is 14.4 Å². The second-order valence-electron chi connectivity index (χ2n) is 7.37. The van der Waals surface area contributed by atoms with Crippen LogP contribution in [0.4, 0.5) is 0 Å². The van der Waals surface area contributed by atoms with Gasteiger partial charge in [0.2, 0.25) is 5.78 Å². The van der Waals surface area contributed by atoms with E-state index in [1.807, 2.05) is 25.1 Å². The zero-order valence-electron chi connectivity index (χ0n) is 16.5. The lowest BCUT2D eigenvalue weighted by atomic mass is 10.0. The van der Waals surface area contributed by atoms with Crippen LogP contribution in [0.5, 0.6) is 0 Å². The van der Waals surface area contributed by atoms with Crippen LogP contribution in [0.15, 0.2) is 54.7 Å². The molecule has 30 heavy (non-hydrogen) atoms. The number of nitrogens with zero attached hydrogens (tertiary/aromatic N) is 3. The van der Waals surface area contributed by atoms with Gasteiger partial charge in [-0.1, -0.05) is 30.3 Å². The number of hydrogen-bond donors (Lipinski definition) is 1.